The van der Waals surface area contributed by atoms with Gasteiger partial charge in [0.2, 0.25) is 0 Å². The summed E-state index contributed by atoms with van der Waals surface area (Å²) in [6.07, 6.45) is 2.43. The van der Waals surface area contributed by atoms with Crippen LogP contribution in [-0.2, 0) is 11.3 Å². The monoisotopic (exact) mass is 460 g/mol. The Labute approximate surface area is 167 Å². The van der Waals surface area contributed by atoms with Crippen LogP contribution in [0.15, 0.2) is 29.3 Å². The highest BCUT2D eigenvalue weighted by atomic mass is 127. The van der Waals surface area contributed by atoms with Gasteiger partial charge in [-0.3, -0.25) is 9.79 Å². The van der Waals surface area contributed by atoms with Crippen molar-refractivity contribution in [3.63, 3.8) is 0 Å². The molecule has 0 spiro atoms. The number of amides is 1. The quantitative estimate of drug-likeness (QED) is 0.402. The summed E-state index contributed by atoms with van der Waals surface area (Å²) in [5.74, 6) is 0.828. The molecule has 7 heteroatoms. The van der Waals surface area contributed by atoms with E-state index in [9.17, 15) is 4.79 Å². The van der Waals surface area contributed by atoms with Crippen molar-refractivity contribution in [3.8, 4) is 0 Å². The third-order valence-corrected chi connectivity index (χ3v) is 4.22. The molecule has 1 aliphatic heterocycles. The van der Waals surface area contributed by atoms with E-state index in [1.165, 1.54) is 0 Å². The van der Waals surface area contributed by atoms with Gasteiger partial charge in [-0.2, -0.15) is 0 Å². The van der Waals surface area contributed by atoms with Gasteiger partial charge in [0.15, 0.2) is 5.96 Å². The SMILES string of the molecule is CCOC1CCN(C(=NC)NCc2cccc(C(=O)NC)c2)CC1.I. The van der Waals surface area contributed by atoms with Crippen LogP contribution in [-0.4, -0.2) is 56.7 Å². The zero-order valence-corrected chi connectivity index (χ0v) is 17.6. The van der Waals surface area contributed by atoms with Crippen LogP contribution in [0.3, 0.4) is 0 Å². The summed E-state index contributed by atoms with van der Waals surface area (Å²) >= 11 is 0. The summed E-state index contributed by atoms with van der Waals surface area (Å²) in [4.78, 5) is 18.4. The van der Waals surface area contributed by atoms with Crippen LogP contribution in [0.5, 0.6) is 0 Å². The first-order valence-corrected chi connectivity index (χ1v) is 8.56. The topological polar surface area (TPSA) is 66.0 Å². The van der Waals surface area contributed by atoms with Crippen molar-refractivity contribution in [3.05, 3.63) is 35.4 Å². The highest BCUT2D eigenvalue weighted by Crippen LogP contribution is 2.14. The fraction of sp³-hybridized carbons (Fsp3) is 0.556. The number of benzene rings is 1. The molecule has 2 N–H and O–H groups in total. The minimum atomic E-state index is -0.0702. The van der Waals surface area contributed by atoms with E-state index in [1.54, 1.807) is 14.1 Å². The molecule has 2 rings (SSSR count). The van der Waals surface area contributed by atoms with E-state index in [2.05, 4.69) is 20.5 Å². The number of guanidine groups is 1. The minimum Gasteiger partial charge on any atom is -0.378 e. The number of ether oxygens (including phenoxy) is 1. The highest BCUT2D eigenvalue weighted by molar-refractivity contribution is 14.0. The number of piperidine rings is 1. The van der Waals surface area contributed by atoms with Gasteiger partial charge >= 0.3 is 0 Å². The number of halogens is 1. The molecule has 1 amide bonds. The van der Waals surface area contributed by atoms with Crippen molar-refractivity contribution < 1.29 is 9.53 Å². The molecular weight excluding hydrogens is 431 g/mol. The summed E-state index contributed by atoms with van der Waals surface area (Å²) in [6, 6.07) is 7.63. The van der Waals surface area contributed by atoms with E-state index in [0.29, 0.717) is 18.2 Å². The number of aliphatic imine (C=N–C) groups is 1. The number of nitrogens with zero attached hydrogens (tertiary/aromatic N) is 2. The maximum absolute atomic E-state index is 11.7. The van der Waals surface area contributed by atoms with Gasteiger partial charge in [0.25, 0.3) is 5.91 Å². The molecule has 6 nitrogen and oxygen atoms in total. The van der Waals surface area contributed by atoms with Crippen LogP contribution in [0.2, 0.25) is 0 Å². The first-order valence-electron chi connectivity index (χ1n) is 8.56. The van der Waals surface area contributed by atoms with Crippen molar-refractivity contribution in [2.45, 2.75) is 32.4 Å². The van der Waals surface area contributed by atoms with Gasteiger partial charge in [0.1, 0.15) is 0 Å². The van der Waals surface area contributed by atoms with E-state index in [1.807, 2.05) is 31.2 Å². The molecule has 1 aliphatic rings. The van der Waals surface area contributed by atoms with Crippen molar-refractivity contribution in [1.29, 1.82) is 0 Å². The van der Waals surface area contributed by atoms with Crippen LogP contribution in [0.4, 0.5) is 0 Å². The molecule has 1 aromatic rings. The number of carbonyl (C=O) groups is 1. The predicted octanol–water partition coefficient (Wildman–Crippen LogP) is 2.24. The first kappa shape index (κ1) is 21.7. The number of rotatable bonds is 5. The molecule has 1 fully saturated rings. The Morgan fingerprint density at radius 1 is 1.36 bits per heavy atom. The van der Waals surface area contributed by atoms with Gasteiger partial charge in [0, 0.05) is 45.9 Å². The van der Waals surface area contributed by atoms with Crippen LogP contribution in [0.25, 0.3) is 0 Å². The fourth-order valence-electron chi connectivity index (χ4n) is 2.95. The Bertz CT molecular complexity index is 572. The molecule has 0 radical (unpaired) electrons. The average molecular weight is 460 g/mol. The minimum absolute atomic E-state index is 0. The summed E-state index contributed by atoms with van der Waals surface area (Å²) < 4.78 is 5.70. The predicted molar refractivity (Wildman–Crippen MR) is 112 cm³/mol. The summed E-state index contributed by atoms with van der Waals surface area (Å²) in [5, 5.41) is 6.04. The number of likely N-dealkylation sites (tertiary alicyclic amines) is 1. The Morgan fingerprint density at radius 3 is 2.68 bits per heavy atom. The number of hydrogen-bond donors (Lipinski definition) is 2. The Hall–Kier alpha value is -1.35. The number of nitrogens with one attached hydrogen (secondary N) is 2. The molecular formula is C18H29IN4O2. The maximum Gasteiger partial charge on any atom is 0.251 e. The van der Waals surface area contributed by atoms with E-state index in [-0.39, 0.29) is 29.9 Å². The molecule has 0 bridgehead atoms. The molecule has 25 heavy (non-hydrogen) atoms. The van der Waals surface area contributed by atoms with Crippen LogP contribution in [0.1, 0.15) is 35.7 Å². The normalized spacial score (nSPS) is 15.5. The van der Waals surface area contributed by atoms with Crippen LogP contribution in [0, 0.1) is 0 Å². The largest absolute Gasteiger partial charge is 0.378 e. The molecule has 0 aliphatic carbocycles. The van der Waals surface area contributed by atoms with Gasteiger partial charge in [0.05, 0.1) is 6.10 Å². The lowest BCUT2D eigenvalue weighted by molar-refractivity contribution is 0.0263. The molecule has 1 heterocycles. The van der Waals surface area contributed by atoms with Crippen molar-refractivity contribution >= 4 is 35.8 Å². The van der Waals surface area contributed by atoms with E-state index in [4.69, 9.17) is 4.74 Å². The zero-order chi connectivity index (χ0) is 17.4. The van der Waals surface area contributed by atoms with Crippen LogP contribution < -0.4 is 10.6 Å². The van der Waals surface area contributed by atoms with Gasteiger partial charge in [-0.25, -0.2) is 0 Å². The smallest absolute Gasteiger partial charge is 0.251 e. The maximum atomic E-state index is 11.7. The lowest BCUT2D eigenvalue weighted by Crippen LogP contribution is -2.46. The summed E-state index contributed by atoms with van der Waals surface area (Å²) in [5.41, 5.74) is 1.73. The molecule has 0 saturated carbocycles. The van der Waals surface area contributed by atoms with E-state index >= 15 is 0 Å². The first-order chi connectivity index (χ1) is 11.7. The molecule has 1 saturated heterocycles. The standard InChI is InChI=1S/C18H28N4O2.HI/c1-4-24-16-8-10-22(11-9-16)18(20-3)21-13-14-6-5-7-15(12-14)17(23)19-2;/h5-7,12,16H,4,8-11,13H2,1-3H3,(H,19,23)(H,20,21);1H. The van der Waals surface area contributed by atoms with Crippen molar-refractivity contribution in [1.82, 2.24) is 15.5 Å². The third kappa shape index (κ3) is 6.47. The summed E-state index contributed by atoms with van der Waals surface area (Å²) in [6.45, 7) is 5.35. The second-order valence-electron chi connectivity index (χ2n) is 5.82. The number of hydrogen-bond acceptors (Lipinski definition) is 3. The lowest BCUT2D eigenvalue weighted by atomic mass is 10.1. The lowest BCUT2D eigenvalue weighted by Gasteiger charge is -2.34. The van der Waals surface area contributed by atoms with Gasteiger partial charge < -0.3 is 20.3 Å². The van der Waals surface area contributed by atoms with E-state index in [0.717, 1.165) is 44.1 Å². The van der Waals surface area contributed by atoms with E-state index < -0.39 is 0 Å². The van der Waals surface area contributed by atoms with Crippen molar-refractivity contribution in [2.24, 2.45) is 4.99 Å². The molecule has 140 valence electrons. The Morgan fingerprint density at radius 2 is 2.08 bits per heavy atom. The third-order valence-electron chi connectivity index (χ3n) is 4.22. The molecule has 1 aromatic carbocycles. The van der Waals surface area contributed by atoms with Crippen molar-refractivity contribution in [2.75, 3.05) is 33.8 Å². The fourth-order valence-corrected chi connectivity index (χ4v) is 2.95. The molecule has 0 atom stereocenters. The second kappa shape index (κ2) is 11.3. The molecule has 0 aromatic heterocycles. The van der Waals surface area contributed by atoms with Gasteiger partial charge in [-0.1, -0.05) is 12.1 Å². The average Bonchev–Trinajstić information content (AvgIpc) is 2.63. The van der Waals surface area contributed by atoms with Gasteiger partial charge in [-0.15, -0.1) is 24.0 Å². The Kier molecular flexibility index (Phi) is 9.81. The zero-order valence-electron chi connectivity index (χ0n) is 15.2. The van der Waals surface area contributed by atoms with Crippen LogP contribution >= 0.6 is 24.0 Å². The Balaban J connectivity index is 0.00000312. The van der Waals surface area contributed by atoms with Gasteiger partial charge in [-0.05, 0) is 37.5 Å². The number of carbonyl (C=O) groups excluding carboxylic acids is 1. The summed E-state index contributed by atoms with van der Waals surface area (Å²) in [7, 11) is 3.44. The second-order valence-corrected chi connectivity index (χ2v) is 5.82. The highest BCUT2D eigenvalue weighted by Gasteiger charge is 2.21. The molecule has 0 unspecified atom stereocenters.